The van der Waals surface area contributed by atoms with Crippen molar-refractivity contribution >= 4 is 32.6 Å². The molecular formula is C22H25N3O2S. The topological polar surface area (TPSA) is 45.7 Å². The molecule has 1 saturated heterocycles. The molecule has 1 amide bonds. The first kappa shape index (κ1) is 18.7. The number of carbonyl (C=O) groups excluding carboxylic acids is 1. The summed E-state index contributed by atoms with van der Waals surface area (Å²) in [5, 5.41) is 1.00. The molecule has 0 spiro atoms. The van der Waals surface area contributed by atoms with Crippen LogP contribution < -0.4 is 9.64 Å². The van der Waals surface area contributed by atoms with Crippen molar-refractivity contribution in [2.45, 2.75) is 20.8 Å². The first-order valence-electron chi connectivity index (χ1n) is 9.70. The average Bonchev–Trinajstić information content (AvgIpc) is 3.12. The monoisotopic (exact) mass is 395 g/mol. The summed E-state index contributed by atoms with van der Waals surface area (Å²) in [6.07, 6.45) is 0. The largest absolute Gasteiger partial charge is 0.492 e. The third-order valence-corrected chi connectivity index (χ3v) is 6.06. The number of hydrogen-bond acceptors (Lipinski definition) is 5. The fraction of sp³-hybridized carbons (Fsp3) is 0.364. The van der Waals surface area contributed by atoms with Gasteiger partial charge in [0.1, 0.15) is 11.3 Å². The van der Waals surface area contributed by atoms with Crippen molar-refractivity contribution in [2.75, 3.05) is 37.7 Å². The highest BCUT2D eigenvalue weighted by molar-refractivity contribution is 7.22. The van der Waals surface area contributed by atoms with Crippen molar-refractivity contribution in [3.8, 4) is 5.75 Å². The summed E-state index contributed by atoms with van der Waals surface area (Å²) in [4.78, 5) is 21.9. The Kier molecular flexibility index (Phi) is 5.22. The fourth-order valence-corrected chi connectivity index (χ4v) is 4.74. The van der Waals surface area contributed by atoms with Crippen LogP contribution in [0.2, 0.25) is 0 Å². The number of nitrogens with zero attached hydrogens (tertiary/aromatic N) is 3. The molecule has 1 aliphatic heterocycles. The first-order chi connectivity index (χ1) is 13.5. The van der Waals surface area contributed by atoms with Crippen molar-refractivity contribution in [1.82, 2.24) is 9.88 Å². The van der Waals surface area contributed by atoms with Crippen LogP contribution in [0, 0.1) is 13.8 Å². The van der Waals surface area contributed by atoms with Crippen molar-refractivity contribution < 1.29 is 9.53 Å². The van der Waals surface area contributed by atoms with E-state index in [0.29, 0.717) is 19.7 Å². The third kappa shape index (κ3) is 3.69. The molecule has 2 aromatic carbocycles. The van der Waals surface area contributed by atoms with E-state index >= 15 is 0 Å². The van der Waals surface area contributed by atoms with Gasteiger partial charge < -0.3 is 14.5 Å². The molecule has 1 aromatic heterocycles. The van der Waals surface area contributed by atoms with Gasteiger partial charge in [-0.25, -0.2) is 4.98 Å². The minimum atomic E-state index is 0.120. The highest BCUT2D eigenvalue weighted by Gasteiger charge is 2.24. The maximum Gasteiger partial charge on any atom is 0.253 e. The van der Waals surface area contributed by atoms with Gasteiger partial charge in [-0.1, -0.05) is 34.6 Å². The molecule has 0 saturated carbocycles. The van der Waals surface area contributed by atoms with Crippen molar-refractivity contribution in [3.05, 3.63) is 53.1 Å². The number of amides is 1. The SMILES string of the molecule is CCOc1cccc2sc(N3CCN(C(=O)c4cc(C)cc(C)c4)CC3)nc12. The van der Waals surface area contributed by atoms with Gasteiger partial charge >= 0.3 is 0 Å². The Labute approximate surface area is 169 Å². The Bertz CT molecular complexity index is 986. The standard InChI is InChI=1S/C22H25N3O2S/c1-4-27-18-6-5-7-19-20(18)23-22(28-19)25-10-8-24(9-11-25)21(26)17-13-15(2)12-16(3)14-17/h5-7,12-14H,4,8-11H2,1-3H3. The van der Waals surface area contributed by atoms with Crippen molar-refractivity contribution in [1.29, 1.82) is 0 Å². The van der Waals surface area contributed by atoms with E-state index in [1.54, 1.807) is 11.3 Å². The van der Waals surface area contributed by atoms with Gasteiger partial charge in [-0.3, -0.25) is 4.79 Å². The predicted molar refractivity (Wildman–Crippen MR) is 115 cm³/mol. The van der Waals surface area contributed by atoms with E-state index in [1.165, 1.54) is 0 Å². The lowest BCUT2D eigenvalue weighted by Crippen LogP contribution is -2.48. The van der Waals surface area contributed by atoms with Crippen LogP contribution in [0.25, 0.3) is 10.2 Å². The normalized spacial score (nSPS) is 14.5. The molecule has 0 unspecified atom stereocenters. The summed E-state index contributed by atoms with van der Waals surface area (Å²) >= 11 is 1.69. The second-order valence-electron chi connectivity index (χ2n) is 7.19. The molecule has 2 heterocycles. The summed E-state index contributed by atoms with van der Waals surface area (Å²) in [6, 6.07) is 12.1. The second kappa shape index (κ2) is 7.80. The smallest absolute Gasteiger partial charge is 0.253 e. The summed E-state index contributed by atoms with van der Waals surface area (Å²) in [5.41, 5.74) is 3.97. The maximum absolute atomic E-state index is 12.9. The first-order valence-corrected chi connectivity index (χ1v) is 10.5. The Morgan fingerprint density at radius 3 is 2.50 bits per heavy atom. The Hall–Kier alpha value is -2.60. The molecule has 0 N–H and O–H groups in total. The Morgan fingerprint density at radius 1 is 1.11 bits per heavy atom. The van der Waals surface area contributed by atoms with Crippen LogP contribution in [-0.4, -0.2) is 48.6 Å². The minimum Gasteiger partial charge on any atom is -0.492 e. The summed E-state index contributed by atoms with van der Waals surface area (Å²) in [5.74, 6) is 0.959. The number of rotatable bonds is 4. The van der Waals surface area contributed by atoms with E-state index in [4.69, 9.17) is 9.72 Å². The van der Waals surface area contributed by atoms with E-state index in [1.807, 2.05) is 49.9 Å². The van der Waals surface area contributed by atoms with Gasteiger partial charge in [0.15, 0.2) is 5.13 Å². The number of piperazine rings is 1. The van der Waals surface area contributed by atoms with Crippen molar-refractivity contribution in [3.63, 3.8) is 0 Å². The average molecular weight is 396 g/mol. The van der Waals surface area contributed by atoms with Crippen LogP contribution >= 0.6 is 11.3 Å². The van der Waals surface area contributed by atoms with E-state index in [0.717, 1.165) is 50.9 Å². The number of carbonyl (C=O) groups is 1. The molecule has 0 aliphatic carbocycles. The highest BCUT2D eigenvalue weighted by Crippen LogP contribution is 2.34. The molecule has 5 nitrogen and oxygen atoms in total. The number of fused-ring (bicyclic) bond motifs is 1. The number of para-hydroxylation sites is 1. The molecule has 0 bridgehead atoms. The minimum absolute atomic E-state index is 0.120. The number of aromatic nitrogens is 1. The summed E-state index contributed by atoms with van der Waals surface area (Å²) in [7, 11) is 0. The molecule has 6 heteroatoms. The molecule has 4 rings (SSSR count). The van der Waals surface area contributed by atoms with E-state index < -0.39 is 0 Å². The van der Waals surface area contributed by atoms with Crippen LogP contribution in [0.15, 0.2) is 36.4 Å². The van der Waals surface area contributed by atoms with Crippen molar-refractivity contribution in [2.24, 2.45) is 0 Å². The summed E-state index contributed by atoms with van der Waals surface area (Å²) < 4.78 is 6.84. The number of ether oxygens (including phenoxy) is 1. The Balaban J connectivity index is 1.47. The van der Waals surface area contributed by atoms with Gasteiger partial charge in [-0.15, -0.1) is 0 Å². The number of benzene rings is 2. The molecular weight excluding hydrogens is 370 g/mol. The van der Waals surface area contributed by atoms with Gasteiger partial charge in [0.25, 0.3) is 5.91 Å². The van der Waals surface area contributed by atoms with Gasteiger partial charge in [0, 0.05) is 31.7 Å². The van der Waals surface area contributed by atoms with Crippen LogP contribution in [0.1, 0.15) is 28.4 Å². The molecule has 1 fully saturated rings. The molecule has 3 aromatic rings. The molecule has 0 radical (unpaired) electrons. The van der Waals surface area contributed by atoms with Gasteiger partial charge in [-0.05, 0) is 45.0 Å². The van der Waals surface area contributed by atoms with Gasteiger partial charge in [0.05, 0.1) is 11.3 Å². The van der Waals surface area contributed by atoms with Crippen LogP contribution in [0.3, 0.4) is 0 Å². The molecule has 28 heavy (non-hydrogen) atoms. The van der Waals surface area contributed by atoms with Gasteiger partial charge in [0.2, 0.25) is 0 Å². The molecule has 146 valence electrons. The summed E-state index contributed by atoms with van der Waals surface area (Å²) in [6.45, 7) is 9.68. The van der Waals surface area contributed by atoms with Crippen LogP contribution in [0.4, 0.5) is 5.13 Å². The zero-order valence-electron chi connectivity index (χ0n) is 16.6. The lowest BCUT2D eigenvalue weighted by atomic mass is 10.1. The predicted octanol–water partition coefficient (Wildman–Crippen LogP) is 4.27. The fourth-order valence-electron chi connectivity index (χ4n) is 3.70. The van der Waals surface area contributed by atoms with Gasteiger partial charge in [-0.2, -0.15) is 0 Å². The zero-order chi connectivity index (χ0) is 19.7. The maximum atomic E-state index is 12.9. The highest BCUT2D eigenvalue weighted by atomic mass is 32.1. The number of thiazole rings is 1. The molecule has 1 aliphatic rings. The number of hydrogen-bond donors (Lipinski definition) is 0. The quantitative estimate of drug-likeness (QED) is 0.662. The van der Waals surface area contributed by atoms with E-state index in [9.17, 15) is 4.79 Å². The van der Waals surface area contributed by atoms with Crippen LogP contribution in [-0.2, 0) is 0 Å². The lowest BCUT2D eigenvalue weighted by molar-refractivity contribution is 0.0746. The van der Waals surface area contributed by atoms with E-state index in [2.05, 4.69) is 17.0 Å². The zero-order valence-corrected chi connectivity index (χ0v) is 17.4. The Morgan fingerprint density at radius 2 is 1.82 bits per heavy atom. The second-order valence-corrected chi connectivity index (χ2v) is 8.20. The third-order valence-electron chi connectivity index (χ3n) is 4.98. The van der Waals surface area contributed by atoms with Crippen LogP contribution in [0.5, 0.6) is 5.75 Å². The number of aryl methyl sites for hydroxylation is 2. The lowest BCUT2D eigenvalue weighted by Gasteiger charge is -2.34. The molecule has 0 atom stereocenters. The van der Waals surface area contributed by atoms with E-state index in [-0.39, 0.29) is 5.91 Å². The number of anilines is 1.